The van der Waals surface area contributed by atoms with E-state index in [-0.39, 0.29) is 12.4 Å². The van der Waals surface area contributed by atoms with Crippen molar-refractivity contribution in [3.63, 3.8) is 0 Å². The highest BCUT2D eigenvalue weighted by molar-refractivity contribution is 7.91. The Hall–Kier alpha value is -1.60. The first-order valence-corrected chi connectivity index (χ1v) is 7.96. The molecule has 1 rings (SSSR count). The van der Waals surface area contributed by atoms with E-state index in [0.717, 1.165) is 5.56 Å². The van der Waals surface area contributed by atoms with Crippen LogP contribution in [0.25, 0.3) is 0 Å². The van der Waals surface area contributed by atoms with Crippen LogP contribution in [0.15, 0.2) is 18.2 Å². The van der Waals surface area contributed by atoms with Crippen LogP contribution in [-0.2, 0) is 31.7 Å². The standard InChI is InChI=1S/C13H19NO5S/c1-3-19-13(15)9-20(16,17)8-11-6-10(7-14)4-5-12(11)18-2/h4-6H,3,7-9,14H2,1-2H3. The zero-order chi connectivity index (χ0) is 15.2. The third kappa shape index (κ3) is 4.82. The van der Waals surface area contributed by atoms with E-state index in [1.54, 1.807) is 25.1 Å². The number of esters is 1. The topological polar surface area (TPSA) is 95.7 Å². The zero-order valence-electron chi connectivity index (χ0n) is 11.6. The molecule has 0 aliphatic carbocycles. The van der Waals surface area contributed by atoms with E-state index in [1.807, 2.05) is 0 Å². The minimum absolute atomic E-state index is 0.153. The van der Waals surface area contributed by atoms with Crippen molar-refractivity contribution < 1.29 is 22.7 Å². The predicted octanol–water partition coefficient (Wildman–Crippen LogP) is 0.632. The van der Waals surface area contributed by atoms with Gasteiger partial charge < -0.3 is 15.2 Å². The molecule has 1 aromatic carbocycles. The molecule has 0 atom stereocenters. The summed E-state index contributed by atoms with van der Waals surface area (Å²) in [6.45, 7) is 2.08. The minimum atomic E-state index is -3.61. The predicted molar refractivity (Wildman–Crippen MR) is 75.0 cm³/mol. The molecule has 0 aromatic heterocycles. The third-order valence-electron chi connectivity index (χ3n) is 2.60. The van der Waals surface area contributed by atoms with Gasteiger partial charge in [-0.3, -0.25) is 4.79 Å². The highest BCUT2D eigenvalue weighted by Gasteiger charge is 2.20. The maximum Gasteiger partial charge on any atom is 0.321 e. The van der Waals surface area contributed by atoms with Crippen LogP contribution >= 0.6 is 0 Å². The number of carbonyl (C=O) groups is 1. The van der Waals surface area contributed by atoms with Crippen molar-refractivity contribution in [2.24, 2.45) is 5.73 Å². The summed E-state index contributed by atoms with van der Waals surface area (Å²) in [6, 6.07) is 5.10. The van der Waals surface area contributed by atoms with Gasteiger partial charge in [0.25, 0.3) is 0 Å². The van der Waals surface area contributed by atoms with E-state index in [9.17, 15) is 13.2 Å². The van der Waals surface area contributed by atoms with Crippen molar-refractivity contribution in [2.75, 3.05) is 19.5 Å². The lowest BCUT2D eigenvalue weighted by Crippen LogP contribution is -2.20. The van der Waals surface area contributed by atoms with E-state index in [1.165, 1.54) is 7.11 Å². The highest BCUT2D eigenvalue weighted by atomic mass is 32.2. The smallest absolute Gasteiger partial charge is 0.321 e. The molecule has 7 heteroatoms. The molecule has 0 fully saturated rings. The molecular weight excluding hydrogens is 282 g/mol. The number of ether oxygens (including phenoxy) is 2. The number of hydrogen-bond acceptors (Lipinski definition) is 6. The Bertz CT molecular complexity index is 568. The van der Waals surface area contributed by atoms with Crippen LogP contribution in [0, 0.1) is 0 Å². The van der Waals surface area contributed by atoms with Gasteiger partial charge in [0, 0.05) is 12.1 Å². The second kappa shape index (κ2) is 7.25. The Morgan fingerprint density at radius 2 is 2.05 bits per heavy atom. The quantitative estimate of drug-likeness (QED) is 0.742. The average molecular weight is 301 g/mol. The molecule has 2 N–H and O–H groups in total. The molecule has 0 saturated carbocycles. The molecule has 6 nitrogen and oxygen atoms in total. The summed E-state index contributed by atoms with van der Waals surface area (Å²) in [7, 11) is -2.15. The number of benzene rings is 1. The molecule has 0 amide bonds. The summed E-state index contributed by atoms with van der Waals surface area (Å²) in [5, 5.41) is 0. The van der Waals surface area contributed by atoms with Gasteiger partial charge in [0.2, 0.25) is 0 Å². The van der Waals surface area contributed by atoms with Crippen molar-refractivity contribution in [3.8, 4) is 5.75 Å². The average Bonchev–Trinajstić information content (AvgIpc) is 2.37. The van der Waals surface area contributed by atoms with Crippen LogP contribution in [0.4, 0.5) is 0 Å². The number of rotatable bonds is 7. The van der Waals surface area contributed by atoms with Crippen LogP contribution in [0.2, 0.25) is 0 Å². The number of sulfone groups is 1. The fourth-order valence-corrected chi connectivity index (χ4v) is 2.99. The van der Waals surface area contributed by atoms with Crippen LogP contribution in [-0.4, -0.2) is 33.9 Å². The third-order valence-corrected chi connectivity index (χ3v) is 4.03. The fraction of sp³-hybridized carbons (Fsp3) is 0.462. The van der Waals surface area contributed by atoms with Crippen molar-refractivity contribution >= 4 is 15.8 Å². The van der Waals surface area contributed by atoms with Gasteiger partial charge >= 0.3 is 5.97 Å². The lowest BCUT2D eigenvalue weighted by atomic mass is 10.1. The SMILES string of the molecule is CCOC(=O)CS(=O)(=O)Cc1cc(CN)ccc1OC. The summed E-state index contributed by atoms with van der Waals surface area (Å²) in [5.74, 6) is -1.23. The molecular formula is C13H19NO5S. The molecule has 0 spiro atoms. The molecule has 112 valence electrons. The maximum absolute atomic E-state index is 12.0. The largest absolute Gasteiger partial charge is 0.496 e. The molecule has 0 unspecified atom stereocenters. The molecule has 0 saturated heterocycles. The monoisotopic (exact) mass is 301 g/mol. The molecule has 0 aliphatic rings. The lowest BCUT2D eigenvalue weighted by Gasteiger charge is -2.10. The Labute approximate surface area is 118 Å². The first kappa shape index (κ1) is 16.5. The number of hydrogen-bond donors (Lipinski definition) is 1. The summed E-state index contributed by atoms with van der Waals surface area (Å²) in [5.41, 5.74) is 6.81. The first-order chi connectivity index (χ1) is 9.41. The number of methoxy groups -OCH3 is 1. The van der Waals surface area contributed by atoms with Crippen LogP contribution in [0.5, 0.6) is 5.75 Å². The Morgan fingerprint density at radius 1 is 1.35 bits per heavy atom. The van der Waals surface area contributed by atoms with Crippen molar-refractivity contribution in [3.05, 3.63) is 29.3 Å². The second-order valence-electron chi connectivity index (χ2n) is 4.19. The van der Waals surface area contributed by atoms with E-state index < -0.39 is 21.6 Å². The van der Waals surface area contributed by atoms with Gasteiger partial charge in [-0.1, -0.05) is 6.07 Å². The molecule has 20 heavy (non-hydrogen) atoms. The van der Waals surface area contributed by atoms with Crippen molar-refractivity contribution in [2.45, 2.75) is 19.2 Å². The minimum Gasteiger partial charge on any atom is -0.496 e. The van der Waals surface area contributed by atoms with E-state index in [4.69, 9.17) is 10.5 Å². The van der Waals surface area contributed by atoms with Gasteiger partial charge in [0.1, 0.15) is 11.5 Å². The summed E-state index contributed by atoms with van der Waals surface area (Å²) in [4.78, 5) is 11.3. The molecule has 0 heterocycles. The number of nitrogens with two attached hydrogens (primary N) is 1. The first-order valence-electron chi connectivity index (χ1n) is 6.13. The van der Waals surface area contributed by atoms with Gasteiger partial charge in [0.05, 0.1) is 19.5 Å². The van der Waals surface area contributed by atoms with E-state index in [2.05, 4.69) is 4.74 Å². The Kier molecular flexibility index (Phi) is 5.97. The van der Waals surface area contributed by atoms with Gasteiger partial charge in [-0.2, -0.15) is 0 Å². The van der Waals surface area contributed by atoms with Gasteiger partial charge in [-0.15, -0.1) is 0 Å². The summed E-state index contributed by atoms with van der Waals surface area (Å²) < 4.78 is 33.7. The van der Waals surface area contributed by atoms with E-state index in [0.29, 0.717) is 17.9 Å². The molecule has 0 aliphatic heterocycles. The summed E-state index contributed by atoms with van der Waals surface area (Å²) >= 11 is 0. The Balaban J connectivity index is 2.93. The molecule has 1 aromatic rings. The Morgan fingerprint density at radius 3 is 2.60 bits per heavy atom. The van der Waals surface area contributed by atoms with Gasteiger partial charge in [-0.05, 0) is 24.6 Å². The zero-order valence-corrected chi connectivity index (χ0v) is 12.4. The van der Waals surface area contributed by atoms with Crippen LogP contribution in [0.1, 0.15) is 18.1 Å². The van der Waals surface area contributed by atoms with Crippen LogP contribution in [0.3, 0.4) is 0 Å². The maximum atomic E-state index is 12.0. The highest BCUT2D eigenvalue weighted by Crippen LogP contribution is 2.22. The van der Waals surface area contributed by atoms with Gasteiger partial charge in [0.15, 0.2) is 9.84 Å². The lowest BCUT2D eigenvalue weighted by molar-refractivity contribution is -0.139. The van der Waals surface area contributed by atoms with Crippen LogP contribution < -0.4 is 10.5 Å². The normalized spacial score (nSPS) is 11.2. The second-order valence-corrected chi connectivity index (χ2v) is 6.25. The molecule has 0 radical (unpaired) electrons. The number of carbonyl (C=O) groups excluding carboxylic acids is 1. The van der Waals surface area contributed by atoms with Crippen molar-refractivity contribution in [1.29, 1.82) is 0 Å². The van der Waals surface area contributed by atoms with E-state index >= 15 is 0 Å². The fourth-order valence-electron chi connectivity index (χ4n) is 1.74. The van der Waals surface area contributed by atoms with Gasteiger partial charge in [-0.25, -0.2) is 8.42 Å². The summed E-state index contributed by atoms with van der Waals surface area (Å²) in [6.07, 6.45) is 0. The van der Waals surface area contributed by atoms with Crippen molar-refractivity contribution in [1.82, 2.24) is 0 Å². The molecule has 0 bridgehead atoms.